The van der Waals surface area contributed by atoms with E-state index in [1.165, 1.54) is 0 Å². The minimum atomic E-state index is -4.17. The number of nitrogens with one attached hydrogen (secondary N) is 1. The summed E-state index contributed by atoms with van der Waals surface area (Å²) in [5.74, 6) is 0.524. The van der Waals surface area contributed by atoms with Crippen molar-refractivity contribution in [3.8, 4) is 0 Å². The van der Waals surface area contributed by atoms with Crippen LogP contribution in [0, 0.1) is 0 Å². The number of aryl methyl sites for hydroxylation is 1. The zero-order chi connectivity index (χ0) is 11.6. The molecule has 1 aliphatic heterocycles. The molecule has 1 atom stereocenters. The van der Waals surface area contributed by atoms with E-state index in [4.69, 9.17) is 4.52 Å². The molecule has 1 aromatic heterocycles. The summed E-state index contributed by atoms with van der Waals surface area (Å²) in [6.07, 6.45) is -3.40. The van der Waals surface area contributed by atoms with E-state index in [1.807, 2.05) is 0 Å². The third-order valence-electron chi connectivity index (χ3n) is 2.47. The molecule has 0 bridgehead atoms. The summed E-state index contributed by atoms with van der Waals surface area (Å²) in [4.78, 5) is 3.96. The minimum Gasteiger partial charge on any atom is -0.338 e. The molecule has 1 N–H and O–H groups in total. The molecule has 0 spiro atoms. The molecule has 2 rings (SSSR count). The molecule has 4 nitrogen and oxygen atoms in total. The smallest absolute Gasteiger partial charge is 0.338 e. The maximum absolute atomic E-state index is 12.0. The van der Waals surface area contributed by atoms with Crippen molar-refractivity contribution in [2.75, 3.05) is 6.54 Å². The van der Waals surface area contributed by atoms with E-state index in [-0.39, 0.29) is 18.3 Å². The van der Waals surface area contributed by atoms with Gasteiger partial charge in [0.05, 0.1) is 12.5 Å². The number of alkyl halides is 3. The summed E-state index contributed by atoms with van der Waals surface area (Å²) in [6, 6.07) is 0.00661. The van der Waals surface area contributed by atoms with E-state index in [2.05, 4.69) is 15.5 Å². The summed E-state index contributed by atoms with van der Waals surface area (Å²) in [5.41, 5.74) is 0. The van der Waals surface area contributed by atoms with Crippen molar-refractivity contribution in [3.63, 3.8) is 0 Å². The van der Waals surface area contributed by atoms with Gasteiger partial charge in [-0.25, -0.2) is 0 Å². The maximum Gasteiger partial charge on any atom is 0.389 e. The van der Waals surface area contributed by atoms with Gasteiger partial charge in [0.1, 0.15) is 0 Å². The lowest BCUT2D eigenvalue weighted by atomic mass is 10.2. The second-order valence-electron chi connectivity index (χ2n) is 3.81. The highest BCUT2D eigenvalue weighted by atomic mass is 19.4. The summed E-state index contributed by atoms with van der Waals surface area (Å²) in [6.45, 7) is 0.880. The molecule has 1 fully saturated rings. The van der Waals surface area contributed by atoms with Crippen LogP contribution in [0.15, 0.2) is 4.52 Å². The van der Waals surface area contributed by atoms with Crippen molar-refractivity contribution in [2.24, 2.45) is 0 Å². The number of nitrogens with zero attached hydrogens (tertiary/aromatic N) is 2. The van der Waals surface area contributed by atoms with Gasteiger partial charge in [0, 0.05) is 6.42 Å². The Morgan fingerprint density at radius 1 is 1.44 bits per heavy atom. The van der Waals surface area contributed by atoms with Crippen molar-refractivity contribution < 1.29 is 17.7 Å². The van der Waals surface area contributed by atoms with Gasteiger partial charge in [-0.2, -0.15) is 18.2 Å². The average molecular weight is 235 g/mol. The van der Waals surface area contributed by atoms with Gasteiger partial charge in [0.2, 0.25) is 5.89 Å². The Morgan fingerprint density at radius 2 is 2.25 bits per heavy atom. The Hall–Kier alpha value is -1.11. The molecule has 0 saturated carbocycles. The first kappa shape index (κ1) is 11.4. The number of rotatable bonds is 3. The molecule has 1 aromatic rings. The molecule has 0 aromatic carbocycles. The fraction of sp³-hybridized carbons (Fsp3) is 0.778. The number of aromatic nitrogens is 2. The van der Waals surface area contributed by atoms with E-state index >= 15 is 0 Å². The van der Waals surface area contributed by atoms with E-state index in [1.54, 1.807) is 0 Å². The SMILES string of the molecule is FC(F)(F)CCc1noc(C2CCCN2)n1. The van der Waals surface area contributed by atoms with Crippen LogP contribution in [0.3, 0.4) is 0 Å². The Balaban J connectivity index is 1.91. The molecular formula is C9H12F3N3O. The molecule has 2 heterocycles. The first-order valence-electron chi connectivity index (χ1n) is 5.17. The minimum absolute atomic E-state index is 0.00661. The van der Waals surface area contributed by atoms with Gasteiger partial charge in [-0.15, -0.1) is 0 Å². The second kappa shape index (κ2) is 4.40. The van der Waals surface area contributed by atoms with Crippen LogP contribution >= 0.6 is 0 Å². The van der Waals surface area contributed by atoms with Crippen LogP contribution in [-0.4, -0.2) is 22.9 Å². The van der Waals surface area contributed by atoms with Crippen molar-refractivity contribution in [2.45, 2.75) is 37.9 Å². The maximum atomic E-state index is 12.0. The number of hydrogen-bond donors (Lipinski definition) is 1. The lowest BCUT2D eigenvalue weighted by molar-refractivity contribution is -0.134. The molecule has 0 aliphatic carbocycles. The standard InChI is InChI=1S/C9H12F3N3O/c10-9(11,12)4-3-7-14-8(16-15-7)6-2-1-5-13-6/h6,13H,1-5H2. The third-order valence-corrected chi connectivity index (χ3v) is 2.47. The molecule has 1 saturated heterocycles. The van der Waals surface area contributed by atoms with E-state index in [0.717, 1.165) is 19.4 Å². The van der Waals surface area contributed by atoms with Crippen LogP contribution in [0.2, 0.25) is 0 Å². The van der Waals surface area contributed by atoms with Crippen LogP contribution in [-0.2, 0) is 6.42 Å². The van der Waals surface area contributed by atoms with Crippen molar-refractivity contribution in [1.29, 1.82) is 0 Å². The van der Waals surface area contributed by atoms with E-state index in [9.17, 15) is 13.2 Å². The summed E-state index contributed by atoms with van der Waals surface area (Å²) >= 11 is 0. The highest BCUT2D eigenvalue weighted by Crippen LogP contribution is 2.23. The van der Waals surface area contributed by atoms with Gasteiger partial charge in [-0.3, -0.25) is 0 Å². The van der Waals surface area contributed by atoms with Crippen LogP contribution in [0.25, 0.3) is 0 Å². The third kappa shape index (κ3) is 2.94. The summed E-state index contributed by atoms with van der Waals surface area (Å²) < 4.78 is 40.8. The summed E-state index contributed by atoms with van der Waals surface area (Å²) in [7, 11) is 0. The molecule has 1 unspecified atom stereocenters. The van der Waals surface area contributed by atoms with Gasteiger partial charge in [-0.1, -0.05) is 5.16 Å². The Labute approximate surface area is 90.2 Å². The zero-order valence-corrected chi connectivity index (χ0v) is 8.55. The normalized spacial score (nSPS) is 21.6. The van der Waals surface area contributed by atoms with Crippen LogP contribution in [0.5, 0.6) is 0 Å². The van der Waals surface area contributed by atoms with Crippen LogP contribution in [0.1, 0.15) is 37.0 Å². The first-order chi connectivity index (χ1) is 7.54. The summed E-state index contributed by atoms with van der Waals surface area (Å²) in [5, 5.41) is 6.68. The van der Waals surface area contributed by atoms with Crippen molar-refractivity contribution in [1.82, 2.24) is 15.5 Å². The van der Waals surface area contributed by atoms with Gasteiger partial charge in [0.15, 0.2) is 5.82 Å². The predicted octanol–water partition coefficient (Wildman–Crippen LogP) is 1.99. The quantitative estimate of drug-likeness (QED) is 0.870. The molecular weight excluding hydrogens is 223 g/mol. The molecule has 1 aliphatic rings. The average Bonchev–Trinajstić information content (AvgIpc) is 2.84. The fourth-order valence-corrected chi connectivity index (χ4v) is 1.66. The van der Waals surface area contributed by atoms with Crippen molar-refractivity contribution >= 4 is 0 Å². The first-order valence-corrected chi connectivity index (χ1v) is 5.17. The molecule has 0 radical (unpaired) electrons. The number of hydrogen-bond acceptors (Lipinski definition) is 4. The lowest BCUT2D eigenvalue weighted by Gasteiger charge is -2.02. The second-order valence-corrected chi connectivity index (χ2v) is 3.81. The molecule has 90 valence electrons. The van der Waals surface area contributed by atoms with Gasteiger partial charge in [0.25, 0.3) is 0 Å². The van der Waals surface area contributed by atoms with Gasteiger partial charge >= 0.3 is 6.18 Å². The Kier molecular flexibility index (Phi) is 3.13. The van der Waals surface area contributed by atoms with Crippen molar-refractivity contribution in [3.05, 3.63) is 11.7 Å². The fourth-order valence-electron chi connectivity index (χ4n) is 1.66. The Morgan fingerprint density at radius 3 is 2.88 bits per heavy atom. The van der Waals surface area contributed by atoms with Crippen LogP contribution < -0.4 is 5.32 Å². The van der Waals surface area contributed by atoms with E-state index < -0.39 is 12.6 Å². The monoisotopic (exact) mass is 235 g/mol. The highest BCUT2D eigenvalue weighted by Gasteiger charge is 2.28. The molecule has 7 heteroatoms. The topological polar surface area (TPSA) is 51.0 Å². The predicted molar refractivity (Wildman–Crippen MR) is 48.7 cm³/mol. The van der Waals surface area contributed by atoms with Gasteiger partial charge in [-0.05, 0) is 19.4 Å². The highest BCUT2D eigenvalue weighted by molar-refractivity contribution is 4.95. The largest absolute Gasteiger partial charge is 0.389 e. The van der Waals surface area contributed by atoms with Crippen LogP contribution in [0.4, 0.5) is 13.2 Å². The zero-order valence-electron chi connectivity index (χ0n) is 8.55. The van der Waals surface area contributed by atoms with E-state index in [0.29, 0.717) is 5.89 Å². The molecule has 16 heavy (non-hydrogen) atoms. The Bertz CT molecular complexity index is 344. The molecule has 0 amide bonds. The lowest BCUT2D eigenvalue weighted by Crippen LogP contribution is -2.13. The van der Waals surface area contributed by atoms with Gasteiger partial charge < -0.3 is 9.84 Å². The number of halogens is 3.